The van der Waals surface area contributed by atoms with Crippen LogP contribution in [0.2, 0.25) is 25.2 Å². The van der Waals surface area contributed by atoms with E-state index < -0.39 is 8.07 Å². The van der Waals surface area contributed by atoms with Crippen LogP contribution in [-0.4, -0.2) is 13.5 Å². The number of halogens is 1. The molecule has 1 saturated carbocycles. The molecule has 1 aliphatic rings. The third-order valence-electron chi connectivity index (χ3n) is 2.12. The highest BCUT2D eigenvalue weighted by Gasteiger charge is 2.54. The number of alkyl halides is 1. The zero-order valence-corrected chi connectivity index (χ0v) is 8.44. The number of hydrogen-bond donors (Lipinski definition) is 0. The summed E-state index contributed by atoms with van der Waals surface area (Å²) in [5.41, 5.74) is 0.666. The second-order valence-electron chi connectivity index (χ2n) is 4.03. The fraction of sp³-hybridized carbons (Fsp3) is 0.750. The molecule has 0 spiro atoms. The standard InChI is InChI=1S/C8H13ClSi/c1-5-6-7(9)8(6)10(2,3)4/h1,6-8H,2-4H3/t6-,7?,8+/m1/s1. The molecule has 0 aromatic rings. The van der Waals surface area contributed by atoms with Gasteiger partial charge in [-0.3, -0.25) is 0 Å². The number of hydrogen-bond acceptors (Lipinski definition) is 0. The van der Waals surface area contributed by atoms with Gasteiger partial charge in [-0.15, -0.1) is 23.9 Å². The topological polar surface area (TPSA) is 0 Å². The fourth-order valence-corrected chi connectivity index (χ4v) is 5.48. The Kier molecular flexibility index (Phi) is 1.87. The van der Waals surface area contributed by atoms with E-state index in [4.69, 9.17) is 18.0 Å². The molecule has 3 atom stereocenters. The molecular formula is C8H13ClSi. The lowest BCUT2D eigenvalue weighted by molar-refractivity contribution is 1.15. The van der Waals surface area contributed by atoms with Gasteiger partial charge in [-0.2, -0.15) is 0 Å². The van der Waals surface area contributed by atoms with Crippen molar-refractivity contribution >= 4 is 19.7 Å². The Labute approximate surface area is 69.0 Å². The highest BCUT2D eigenvalue weighted by Crippen LogP contribution is 2.55. The molecule has 0 nitrogen and oxygen atoms in total. The lowest BCUT2D eigenvalue weighted by Crippen LogP contribution is -2.21. The molecule has 0 saturated heterocycles. The summed E-state index contributed by atoms with van der Waals surface area (Å²) in [7, 11) is -1.05. The van der Waals surface area contributed by atoms with Gasteiger partial charge in [-0.05, 0) is 5.54 Å². The zero-order chi connectivity index (χ0) is 7.94. The summed E-state index contributed by atoms with van der Waals surface area (Å²) < 4.78 is 0. The van der Waals surface area contributed by atoms with E-state index >= 15 is 0 Å². The predicted octanol–water partition coefficient (Wildman–Crippen LogP) is 2.57. The smallest absolute Gasteiger partial charge is 0.0506 e. The van der Waals surface area contributed by atoms with E-state index in [1.807, 2.05) is 0 Å². The quantitative estimate of drug-likeness (QED) is 0.324. The monoisotopic (exact) mass is 172 g/mol. The second kappa shape index (κ2) is 2.29. The van der Waals surface area contributed by atoms with E-state index in [9.17, 15) is 0 Å². The van der Waals surface area contributed by atoms with Crippen molar-refractivity contribution in [2.24, 2.45) is 5.92 Å². The third kappa shape index (κ3) is 1.23. The molecule has 56 valence electrons. The SMILES string of the molecule is C#C[C@@H]1C(Cl)[C@H]1[Si](C)(C)C. The molecule has 0 aromatic carbocycles. The van der Waals surface area contributed by atoms with Crippen LogP contribution < -0.4 is 0 Å². The molecular weight excluding hydrogens is 160 g/mol. The van der Waals surface area contributed by atoms with Crippen LogP contribution in [0.25, 0.3) is 0 Å². The van der Waals surface area contributed by atoms with Crippen molar-refractivity contribution in [1.29, 1.82) is 0 Å². The van der Waals surface area contributed by atoms with Crippen molar-refractivity contribution in [2.45, 2.75) is 30.6 Å². The Hall–Kier alpha value is 0.0669. The summed E-state index contributed by atoms with van der Waals surface area (Å²) in [6.45, 7) is 6.97. The van der Waals surface area contributed by atoms with E-state index in [0.29, 0.717) is 11.5 Å². The van der Waals surface area contributed by atoms with Crippen LogP contribution in [0.5, 0.6) is 0 Å². The number of terminal acetylenes is 1. The minimum absolute atomic E-state index is 0.289. The van der Waals surface area contributed by atoms with Gasteiger partial charge < -0.3 is 0 Å². The van der Waals surface area contributed by atoms with Gasteiger partial charge in [-0.1, -0.05) is 19.6 Å². The second-order valence-corrected chi connectivity index (χ2v) is 9.93. The first-order valence-electron chi connectivity index (χ1n) is 3.58. The van der Waals surface area contributed by atoms with E-state index in [-0.39, 0.29) is 5.38 Å². The maximum absolute atomic E-state index is 5.99. The highest BCUT2D eigenvalue weighted by molar-refractivity contribution is 6.79. The molecule has 0 bridgehead atoms. The molecule has 1 rings (SSSR count). The van der Waals surface area contributed by atoms with Gasteiger partial charge in [-0.25, -0.2) is 0 Å². The first-order valence-corrected chi connectivity index (χ1v) is 7.60. The lowest BCUT2D eigenvalue weighted by Gasteiger charge is -2.13. The first kappa shape index (κ1) is 8.17. The van der Waals surface area contributed by atoms with Gasteiger partial charge in [0.15, 0.2) is 0 Å². The normalized spacial score (nSPS) is 38.9. The zero-order valence-electron chi connectivity index (χ0n) is 6.69. The van der Waals surface area contributed by atoms with Gasteiger partial charge in [0.05, 0.1) is 8.07 Å². The minimum Gasteiger partial charge on any atom is -0.122 e. The van der Waals surface area contributed by atoms with Crippen LogP contribution in [0.15, 0.2) is 0 Å². The summed E-state index contributed by atoms with van der Waals surface area (Å²) in [6, 6.07) is 0. The number of rotatable bonds is 1. The van der Waals surface area contributed by atoms with Gasteiger partial charge >= 0.3 is 0 Å². The Morgan fingerprint density at radius 3 is 2.00 bits per heavy atom. The Morgan fingerprint density at radius 1 is 1.40 bits per heavy atom. The molecule has 1 aliphatic carbocycles. The molecule has 10 heavy (non-hydrogen) atoms. The van der Waals surface area contributed by atoms with Crippen LogP contribution in [0.3, 0.4) is 0 Å². The minimum atomic E-state index is -1.05. The van der Waals surface area contributed by atoms with Gasteiger partial charge in [0.25, 0.3) is 0 Å². The van der Waals surface area contributed by atoms with Crippen LogP contribution in [-0.2, 0) is 0 Å². The molecule has 2 heteroatoms. The maximum atomic E-state index is 5.99. The summed E-state index contributed by atoms with van der Waals surface area (Å²) >= 11 is 5.99. The average molecular weight is 173 g/mol. The average Bonchev–Trinajstić information content (AvgIpc) is 2.39. The molecule has 0 radical (unpaired) electrons. The first-order chi connectivity index (χ1) is 4.48. The molecule has 0 N–H and O–H groups in total. The summed E-state index contributed by atoms with van der Waals surface area (Å²) in [5, 5.41) is 0.289. The van der Waals surface area contributed by atoms with Crippen molar-refractivity contribution in [2.75, 3.05) is 0 Å². The summed E-state index contributed by atoms with van der Waals surface area (Å²) in [5.74, 6) is 3.13. The van der Waals surface area contributed by atoms with Crippen molar-refractivity contribution in [1.82, 2.24) is 0 Å². The maximum Gasteiger partial charge on any atom is 0.0506 e. The van der Waals surface area contributed by atoms with Crippen LogP contribution >= 0.6 is 11.6 Å². The van der Waals surface area contributed by atoms with E-state index in [1.165, 1.54) is 0 Å². The molecule has 0 amide bonds. The molecule has 1 unspecified atom stereocenters. The third-order valence-corrected chi connectivity index (χ3v) is 5.60. The van der Waals surface area contributed by atoms with Crippen LogP contribution in [0, 0.1) is 18.3 Å². The molecule has 0 aromatic heterocycles. The molecule has 0 aliphatic heterocycles. The van der Waals surface area contributed by atoms with Gasteiger partial charge in [0, 0.05) is 11.3 Å². The van der Waals surface area contributed by atoms with Crippen molar-refractivity contribution < 1.29 is 0 Å². The largest absolute Gasteiger partial charge is 0.122 e. The lowest BCUT2D eigenvalue weighted by atomic mass is 10.5. The van der Waals surface area contributed by atoms with Crippen molar-refractivity contribution in [3.63, 3.8) is 0 Å². The molecule has 1 fully saturated rings. The van der Waals surface area contributed by atoms with E-state index in [0.717, 1.165) is 0 Å². The van der Waals surface area contributed by atoms with Crippen molar-refractivity contribution in [3.05, 3.63) is 0 Å². The van der Waals surface area contributed by atoms with E-state index in [2.05, 4.69) is 25.6 Å². The van der Waals surface area contributed by atoms with Gasteiger partial charge in [0.2, 0.25) is 0 Å². The highest BCUT2D eigenvalue weighted by atomic mass is 35.5. The predicted molar refractivity (Wildman–Crippen MR) is 49.1 cm³/mol. The van der Waals surface area contributed by atoms with Crippen molar-refractivity contribution in [3.8, 4) is 12.3 Å². The van der Waals surface area contributed by atoms with E-state index in [1.54, 1.807) is 0 Å². The fourth-order valence-electron chi connectivity index (χ4n) is 1.49. The Morgan fingerprint density at radius 2 is 1.90 bits per heavy atom. The Balaban J connectivity index is 2.59. The van der Waals surface area contributed by atoms with Crippen LogP contribution in [0.4, 0.5) is 0 Å². The summed E-state index contributed by atoms with van der Waals surface area (Å²) in [4.78, 5) is 0. The van der Waals surface area contributed by atoms with Crippen LogP contribution in [0.1, 0.15) is 0 Å². The Bertz CT molecular complexity index is 175. The molecule has 0 heterocycles. The summed E-state index contributed by atoms with van der Waals surface area (Å²) in [6.07, 6.45) is 5.30. The van der Waals surface area contributed by atoms with Gasteiger partial charge in [0.1, 0.15) is 0 Å².